The van der Waals surface area contributed by atoms with E-state index in [4.69, 9.17) is 0 Å². The summed E-state index contributed by atoms with van der Waals surface area (Å²) >= 11 is 0. The van der Waals surface area contributed by atoms with Crippen molar-refractivity contribution in [3.63, 3.8) is 0 Å². The maximum Gasteiger partial charge on any atom is 0.416 e. The molecule has 1 aromatic heterocycles. The smallest absolute Gasteiger partial charge is 0.416 e. The first-order valence-electron chi connectivity index (χ1n) is 6.67. The SMILES string of the molecule is Oc1cccc2ccc(Cc3ccc(C(F)(F)F)cc3)nc12. The van der Waals surface area contributed by atoms with Crippen molar-refractivity contribution < 1.29 is 18.3 Å². The lowest BCUT2D eigenvalue weighted by atomic mass is 10.1. The Morgan fingerprint density at radius 2 is 1.64 bits per heavy atom. The van der Waals surface area contributed by atoms with Crippen LogP contribution >= 0.6 is 0 Å². The largest absolute Gasteiger partial charge is 0.506 e. The van der Waals surface area contributed by atoms with Gasteiger partial charge in [-0.2, -0.15) is 13.2 Å². The van der Waals surface area contributed by atoms with Crippen LogP contribution in [0.1, 0.15) is 16.8 Å². The quantitative estimate of drug-likeness (QED) is 0.753. The molecule has 1 heterocycles. The lowest BCUT2D eigenvalue weighted by molar-refractivity contribution is -0.137. The number of phenols is 1. The second kappa shape index (κ2) is 5.33. The van der Waals surface area contributed by atoms with Gasteiger partial charge in [0.05, 0.1) is 5.56 Å². The van der Waals surface area contributed by atoms with Gasteiger partial charge in [-0.25, -0.2) is 4.98 Å². The lowest BCUT2D eigenvalue weighted by Gasteiger charge is -2.08. The molecule has 0 bridgehead atoms. The Hall–Kier alpha value is -2.56. The van der Waals surface area contributed by atoms with Crippen molar-refractivity contribution in [2.45, 2.75) is 12.6 Å². The maximum atomic E-state index is 12.5. The minimum Gasteiger partial charge on any atom is -0.506 e. The molecular formula is C17H12F3NO. The van der Waals surface area contributed by atoms with Gasteiger partial charge in [0.15, 0.2) is 0 Å². The molecule has 5 heteroatoms. The molecular weight excluding hydrogens is 291 g/mol. The molecule has 1 N–H and O–H groups in total. The highest BCUT2D eigenvalue weighted by molar-refractivity contribution is 5.84. The van der Waals surface area contributed by atoms with Crippen molar-refractivity contribution in [1.82, 2.24) is 4.98 Å². The molecule has 22 heavy (non-hydrogen) atoms. The average Bonchev–Trinajstić information content (AvgIpc) is 2.48. The first-order valence-corrected chi connectivity index (χ1v) is 6.67. The van der Waals surface area contributed by atoms with Crippen molar-refractivity contribution in [3.8, 4) is 5.75 Å². The first kappa shape index (κ1) is 14.4. The monoisotopic (exact) mass is 303 g/mol. The number of pyridine rings is 1. The van der Waals surface area contributed by atoms with E-state index in [0.717, 1.165) is 23.1 Å². The third-order valence-electron chi connectivity index (χ3n) is 3.42. The van der Waals surface area contributed by atoms with E-state index in [-0.39, 0.29) is 5.75 Å². The Labute approximate surface area is 124 Å². The predicted octanol–water partition coefficient (Wildman–Crippen LogP) is 4.55. The number of hydrogen-bond donors (Lipinski definition) is 1. The number of phenolic OH excluding ortho intramolecular Hbond substituents is 1. The number of aromatic hydroxyl groups is 1. The van der Waals surface area contributed by atoms with E-state index in [9.17, 15) is 18.3 Å². The molecule has 0 fully saturated rings. The number of rotatable bonds is 2. The lowest BCUT2D eigenvalue weighted by Crippen LogP contribution is -2.04. The van der Waals surface area contributed by atoms with Gasteiger partial charge in [0, 0.05) is 17.5 Å². The van der Waals surface area contributed by atoms with Gasteiger partial charge in [-0.05, 0) is 29.8 Å². The summed E-state index contributed by atoms with van der Waals surface area (Å²) in [6, 6.07) is 13.8. The molecule has 0 radical (unpaired) electrons. The maximum absolute atomic E-state index is 12.5. The van der Waals surface area contributed by atoms with Crippen molar-refractivity contribution in [3.05, 3.63) is 71.4 Å². The fourth-order valence-electron chi connectivity index (χ4n) is 2.29. The molecule has 0 amide bonds. The summed E-state index contributed by atoms with van der Waals surface area (Å²) in [5.74, 6) is 0.0896. The summed E-state index contributed by atoms with van der Waals surface area (Å²) in [4.78, 5) is 4.37. The zero-order valence-corrected chi connectivity index (χ0v) is 11.4. The van der Waals surface area contributed by atoms with Crippen LogP contribution < -0.4 is 0 Å². The molecule has 3 aromatic rings. The second-order valence-corrected chi connectivity index (χ2v) is 5.02. The van der Waals surface area contributed by atoms with Gasteiger partial charge in [-0.1, -0.05) is 30.3 Å². The van der Waals surface area contributed by atoms with E-state index < -0.39 is 11.7 Å². The molecule has 0 aliphatic heterocycles. The topological polar surface area (TPSA) is 33.1 Å². The number of aromatic nitrogens is 1. The van der Waals surface area contributed by atoms with Crippen LogP contribution in [0, 0.1) is 0 Å². The fourth-order valence-corrected chi connectivity index (χ4v) is 2.29. The summed E-state index contributed by atoms with van der Waals surface area (Å²) in [5.41, 5.74) is 1.25. The van der Waals surface area contributed by atoms with Crippen molar-refractivity contribution in [2.75, 3.05) is 0 Å². The first-order chi connectivity index (χ1) is 10.4. The number of hydrogen-bond acceptors (Lipinski definition) is 2. The summed E-state index contributed by atoms with van der Waals surface area (Å²) in [7, 11) is 0. The Morgan fingerprint density at radius 1 is 0.909 bits per heavy atom. The highest BCUT2D eigenvalue weighted by Crippen LogP contribution is 2.29. The van der Waals surface area contributed by atoms with E-state index in [1.807, 2.05) is 12.1 Å². The number of alkyl halides is 3. The number of nitrogens with zero attached hydrogens (tertiary/aromatic N) is 1. The summed E-state index contributed by atoms with van der Waals surface area (Å²) in [6.45, 7) is 0. The van der Waals surface area contributed by atoms with E-state index in [2.05, 4.69) is 4.98 Å². The number of halogens is 3. The van der Waals surface area contributed by atoms with Gasteiger partial charge < -0.3 is 5.11 Å². The molecule has 0 saturated carbocycles. The minimum atomic E-state index is -4.33. The minimum absolute atomic E-state index is 0.0896. The third-order valence-corrected chi connectivity index (χ3v) is 3.42. The third kappa shape index (κ3) is 2.88. The summed E-state index contributed by atoms with van der Waals surface area (Å²) in [6.07, 6.45) is -3.92. The molecule has 0 aliphatic carbocycles. The summed E-state index contributed by atoms with van der Waals surface area (Å²) < 4.78 is 37.6. The number of para-hydroxylation sites is 1. The zero-order valence-electron chi connectivity index (χ0n) is 11.4. The standard InChI is InChI=1S/C17H12F3NO/c18-17(19,20)13-7-4-11(5-8-13)10-14-9-6-12-2-1-3-15(22)16(12)21-14/h1-9,22H,10H2. The Balaban J connectivity index is 1.88. The van der Waals surface area contributed by atoms with Crippen LogP contribution in [0.15, 0.2) is 54.6 Å². The van der Waals surface area contributed by atoms with Crippen LogP contribution in [0.25, 0.3) is 10.9 Å². The zero-order chi connectivity index (χ0) is 15.7. The molecule has 3 rings (SSSR count). The Morgan fingerprint density at radius 3 is 2.32 bits per heavy atom. The fraction of sp³-hybridized carbons (Fsp3) is 0.118. The molecule has 112 valence electrons. The molecule has 0 saturated heterocycles. The van der Waals surface area contributed by atoms with Crippen LogP contribution in [0.2, 0.25) is 0 Å². The van der Waals surface area contributed by atoms with E-state index >= 15 is 0 Å². The van der Waals surface area contributed by atoms with Gasteiger partial charge in [-0.3, -0.25) is 0 Å². The van der Waals surface area contributed by atoms with Crippen LogP contribution in [0.5, 0.6) is 5.75 Å². The van der Waals surface area contributed by atoms with Crippen LogP contribution in [0.4, 0.5) is 13.2 Å². The van der Waals surface area contributed by atoms with Gasteiger partial charge in [-0.15, -0.1) is 0 Å². The number of fused-ring (bicyclic) bond motifs is 1. The Bertz CT molecular complexity index is 810. The highest BCUT2D eigenvalue weighted by Gasteiger charge is 2.29. The molecule has 0 aliphatic rings. The van der Waals surface area contributed by atoms with Crippen molar-refractivity contribution in [2.24, 2.45) is 0 Å². The predicted molar refractivity (Wildman–Crippen MR) is 77.7 cm³/mol. The summed E-state index contributed by atoms with van der Waals surface area (Å²) in [5, 5.41) is 10.6. The molecule has 0 spiro atoms. The second-order valence-electron chi connectivity index (χ2n) is 5.02. The van der Waals surface area contributed by atoms with Gasteiger partial charge >= 0.3 is 6.18 Å². The van der Waals surface area contributed by atoms with Gasteiger partial charge in [0.2, 0.25) is 0 Å². The van der Waals surface area contributed by atoms with Gasteiger partial charge in [0.1, 0.15) is 11.3 Å². The van der Waals surface area contributed by atoms with E-state index in [1.54, 1.807) is 18.2 Å². The molecule has 0 atom stereocenters. The van der Waals surface area contributed by atoms with E-state index in [0.29, 0.717) is 17.6 Å². The van der Waals surface area contributed by atoms with Crippen molar-refractivity contribution in [1.29, 1.82) is 0 Å². The molecule has 2 nitrogen and oxygen atoms in total. The number of benzene rings is 2. The van der Waals surface area contributed by atoms with Crippen LogP contribution in [0.3, 0.4) is 0 Å². The molecule has 0 unspecified atom stereocenters. The average molecular weight is 303 g/mol. The molecule has 2 aromatic carbocycles. The van der Waals surface area contributed by atoms with Crippen molar-refractivity contribution >= 4 is 10.9 Å². The highest BCUT2D eigenvalue weighted by atomic mass is 19.4. The Kier molecular flexibility index (Phi) is 3.48. The normalized spacial score (nSPS) is 11.8. The van der Waals surface area contributed by atoms with Gasteiger partial charge in [0.25, 0.3) is 0 Å². The van der Waals surface area contributed by atoms with E-state index in [1.165, 1.54) is 12.1 Å². The van der Waals surface area contributed by atoms with Crippen LogP contribution in [-0.4, -0.2) is 10.1 Å². The van der Waals surface area contributed by atoms with Crippen LogP contribution in [-0.2, 0) is 12.6 Å².